The summed E-state index contributed by atoms with van der Waals surface area (Å²) in [6, 6.07) is 15.9. The van der Waals surface area contributed by atoms with Crippen molar-refractivity contribution in [1.29, 1.82) is 0 Å². The Labute approximate surface area is 214 Å². The number of aromatic amines is 1. The van der Waals surface area contributed by atoms with Gasteiger partial charge in [-0.25, -0.2) is 4.98 Å². The second-order valence-corrected chi connectivity index (χ2v) is 11.3. The summed E-state index contributed by atoms with van der Waals surface area (Å²) in [5.74, 6) is 2.99. The van der Waals surface area contributed by atoms with Gasteiger partial charge in [0.25, 0.3) is 0 Å². The molecule has 0 radical (unpaired) electrons. The molecule has 1 aromatic heterocycles. The van der Waals surface area contributed by atoms with Crippen LogP contribution >= 0.6 is 35.0 Å². The number of aliphatic hydroxyl groups excluding tert-OH is 1. The molecule has 0 amide bonds. The van der Waals surface area contributed by atoms with Crippen molar-refractivity contribution >= 4 is 41.0 Å². The molecule has 2 aliphatic carbocycles. The van der Waals surface area contributed by atoms with Crippen molar-refractivity contribution in [2.45, 2.75) is 55.1 Å². The highest BCUT2D eigenvalue weighted by Gasteiger charge is 2.36. The molecule has 2 aliphatic rings. The van der Waals surface area contributed by atoms with Gasteiger partial charge in [-0.2, -0.15) is 0 Å². The largest absolute Gasteiger partial charge is 0.491 e. The van der Waals surface area contributed by atoms with E-state index in [4.69, 9.17) is 27.9 Å². The number of benzene rings is 2. The summed E-state index contributed by atoms with van der Waals surface area (Å²) in [6.45, 7) is 3.98. The first-order valence-electron chi connectivity index (χ1n) is 11.7. The summed E-state index contributed by atoms with van der Waals surface area (Å²) in [4.78, 5) is 9.14. The molecule has 7 heteroatoms. The Bertz CT molecular complexity index is 1190. The monoisotopic (exact) mass is 514 g/mol. The smallest absolute Gasteiger partial charge is 0.140 e. The number of nitrogens with one attached hydrogen (secondary N) is 1. The molecule has 1 heterocycles. The summed E-state index contributed by atoms with van der Waals surface area (Å²) >= 11 is 15.6. The molecule has 178 valence electrons. The fraction of sp³-hybridized carbons (Fsp3) is 0.370. The number of rotatable bonds is 8. The summed E-state index contributed by atoms with van der Waals surface area (Å²) in [7, 11) is 0. The van der Waals surface area contributed by atoms with E-state index < -0.39 is 11.5 Å². The summed E-state index contributed by atoms with van der Waals surface area (Å²) in [5.41, 5.74) is 3.13. The van der Waals surface area contributed by atoms with Gasteiger partial charge in [-0.15, -0.1) is 23.4 Å². The number of aromatic nitrogens is 2. The number of hydrogen-bond acceptors (Lipinski definition) is 4. The van der Waals surface area contributed by atoms with E-state index in [9.17, 15) is 5.11 Å². The molecule has 5 rings (SSSR count). The summed E-state index contributed by atoms with van der Waals surface area (Å²) < 4.78 is 6.02. The van der Waals surface area contributed by atoms with Crippen LogP contribution in [0.15, 0.2) is 58.5 Å². The van der Waals surface area contributed by atoms with Gasteiger partial charge in [0, 0.05) is 27.2 Å². The van der Waals surface area contributed by atoms with Crippen molar-refractivity contribution in [2.75, 3.05) is 5.75 Å². The topological polar surface area (TPSA) is 58.1 Å². The van der Waals surface area contributed by atoms with Crippen LogP contribution in [0.1, 0.15) is 72.4 Å². The normalized spacial score (nSPS) is 20.7. The van der Waals surface area contributed by atoms with E-state index in [-0.39, 0.29) is 12.0 Å². The number of alkyl halides is 1. The van der Waals surface area contributed by atoms with Crippen LogP contribution in [0.4, 0.5) is 0 Å². The van der Waals surface area contributed by atoms with Gasteiger partial charge < -0.3 is 14.8 Å². The zero-order valence-electron chi connectivity index (χ0n) is 19.2. The van der Waals surface area contributed by atoms with Gasteiger partial charge in [-0.1, -0.05) is 41.9 Å². The number of aliphatic hydroxyl groups is 1. The van der Waals surface area contributed by atoms with Crippen LogP contribution in [0.25, 0.3) is 6.08 Å². The van der Waals surface area contributed by atoms with E-state index in [1.54, 1.807) is 0 Å². The van der Waals surface area contributed by atoms with Crippen molar-refractivity contribution in [3.8, 4) is 5.75 Å². The Hall–Kier alpha value is -1.92. The minimum Gasteiger partial charge on any atom is -0.491 e. The molecule has 0 bridgehead atoms. The minimum absolute atomic E-state index is 0.0317. The van der Waals surface area contributed by atoms with E-state index in [0.29, 0.717) is 16.6 Å². The Kier molecular flexibility index (Phi) is 6.99. The lowest BCUT2D eigenvalue weighted by Crippen LogP contribution is -2.15. The van der Waals surface area contributed by atoms with Crippen molar-refractivity contribution in [1.82, 2.24) is 9.97 Å². The van der Waals surface area contributed by atoms with Crippen molar-refractivity contribution in [3.63, 3.8) is 0 Å². The minimum atomic E-state index is -0.876. The lowest BCUT2D eigenvalue weighted by atomic mass is 9.88. The number of H-pyrrole nitrogens is 1. The van der Waals surface area contributed by atoms with Crippen LogP contribution in [0, 0.1) is 5.92 Å². The van der Waals surface area contributed by atoms with Crippen LogP contribution < -0.4 is 4.74 Å². The molecule has 2 aromatic carbocycles. The number of ether oxygens (including phenoxy) is 1. The molecule has 2 N–H and O–H groups in total. The maximum atomic E-state index is 11.0. The molecule has 3 atom stereocenters. The third kappa shape index (κ3) is 5.03. The second-order valence-electron chi connectivity index (χ2n) is 9.26. The zero-order valence-corrected chi connectivity index (χ0v) is 21.5. The van der Waals surface area contributed by atoms with E-state index >= 15 is 0 Å². The third-order valence-corrected chi connectivity index (χ3v) is 8.23. The maximum absolute atomic E-state index is 11.0. The van der Waals surface area contributed by atoms with Gasteiger partial charge >= 0.3 is 0 Å². The first-order valence-corrected chi connectivity index (χ1v) is 13.5. The first-order chi connectivity index (χ1) is 16.4. The average Bonchev–Trinajstić information content (AvgIpc) is 3.55. The molecule has 0 spiro atoms. The van der Waals surface area contributed by atoms with Crippen LogP contribution in [-0.2, 0) is 0 Å². The SMILES string of the molecule is CC(C)Oc1ccccc1C1C(Cl)=Cc2nc(C(O)c3ccc(SCC4CC4)cc3)[nH]c2C1Cl. The molecule has 34 heavy (non-hydrogen) atoms. The highest BCUT2D eigenvalue weighted by atomic mass is 35.5. The number of imidazole rings is 1. The Balaban J connectivity index is 1.38. The highest BCUT2D eigenvalue weighted by Crippen LogP contribution is 2.50. The molecular formula is C27H28Cl2N2O2S. The fourth-order valence-electron chi connectivity index (χ4n) is 4.20. The van der Waals surface area contributed by atoms with Crippen molar-refractivity contribution in [2.24, 2.45) is 5.92 Å². The number of nitrogens with zero attached hydrogens (tertiary/aromatic N) is 1. The van der Waals surface area contributed by atoms with Gasteiger partial charge in [0.1, 0.15) is 17.7 Å². The Morgan fingerprint density at radius 1 is 1.15 bits per heavy atom. The molecule has 1 fully saturated rings. The molecule has 1 saturated carbocycles. The lowest BCUT2D eigenvalue weighted by Gasteiger charge is -2.27. The van der Waals surface area contributed by atoms with Gasteiger partial charge in [0.05, 0.1) is 22.9 Å². The number of thioether (sulfide) groups is 1. The number of fused-ring (bicyclic) bond motifs is 1. The number of halogens is 2. The fourth-order valence-corrected chi connectivity index (χ4v) is 6.14. The van der Waals surface area contributed by atoms with Crippen molar-refractivity contribution < 1.29 is 9.84 Å². The van der Waals surface area contributed by atoms with E-state index in [1.807, 2.05) is 68.1 Å². The van der Waals surface area contributed by atoms with Gasteiger partial charge in [-0.05, 0) is 62.4 Å². The molecule has 3 aromatic rings. The van der Waals surface area contributed by atoms with Crippen molar-refractivity contribution in [3.05, 3.63) is 81.9 Å². The molecule has 0 aliphatic heterocycles. The summed E-state index contributed by atoms with van der Waals surface area (Å²) in [5, 5.41) is 11.1. The van der Waals surface area contributed by atoms with Crippen LogP contribution in [0.5, 0.6) is 5.75 Å². The Morgan fingerprint density at radius 2 is 1.88 bits per heavy atom. The van der Waals surface area contributed by atoms with Crippen LogP contribution in [-0.4, -0.2) is 26.9 Å². The third-order valence-electron chi connectivity index (χ3n) is 6.17. The lowest BCUT2D eigenvalue weighted by molar-refractivity contribution is 0.210. The van der Waals surface area contributed by atoms with Gasteiger partial charge in [-0.3, -0.25) is 0 Å². The molecule has 0 saturated heterocycles. The predicted octanol–water partition coefficient (Wildman–Crippen LogP) is 7.44. The van der Waals surface area contributed by atoms with Gasteiger partial charge in [0.15, 0.2) is 0 Å². The number of allylic oxidation sites excluding steroid dienone is 1. The standard InChI is InChI=1S/C27H28Cl2N2O2S/c1-15(2)33-22-6-4-3-5-19(22)23-20(28)13-21-25(24(23)29)31-27(30-21)26(32)17-9-11-18(12-10-17)34-14-16-7-8-16/h3-6,9-13,15-16,23-24,26,32H,7-8,14H2,1-2H3,(H,30,31). The highest BCUT2D eigenvalue weighted by molar-refractivity contribution is 7.99. The van der Waals surface area contributed by atoms with Crippen LogP contribution in [0.2, 0.25) is 0 Å². The second kappa shape index (κ2) is 9.98. The average molecular weight is 516 g/mol. The van der Waals surface area contributed by atoms with E-state index in [2.05, 4.69) is 22.1 Å². The quantitative estimate of drug-likeness (QED) is 0.242. The Morgan fingerprint density at radius 3 is 2.59 bits per heavy atom. The van der Waals surface area contributed by atoms with Crippen LogP contribution in [0.3, 0.4) is 0 Å². The number of hydrogen-bond donors (Lipinski definition) is 2. The summed E-state index contributed by atoms with van der Waals surface area (Å²) in [6.07, 6.45) is 3.69. The first kappa shape index (κ1) is 23.8. The molecule has 4 nitrogen and oxygen atoms in total. The van der Waals surface area contributed by atoms with Gasteiger partial charge in [0.2, 0.25) is 0 Å². The zero-order chi connectivity index (χ0) is 23.8. The molecule has 3 unspecified atom stereocenters. The van der Waals surface area contributed by atoms with E-state index in [0.717, 1.165) is 28.5 Å². The number of para-hydroxylation sites is 1. The molecular weight excluding hydrogens is 487 g/mol. The maximum Gasteiger partial charge on any atom is 0.140 e. The predicted molar refractivity (Wildman–Crippen MR) is 140 cm³/mol. The van der Waals surface area contributed by atoms with E-state index in [1.165, 1.54) is 23.5 Å².